The SMILES string of the molecule is [2H]C(Nc1cc(Cl)c2ncc(C#N)c(NCC(C)(C)C)c2c1)(c1cn(C2CC2)nn1)c1cc(F)cnc1C. The fraction of sp³-hybridized carbons (Fsp3) is 0.370. The quantitative estimate of drug-likeness (QED) is 0.300. The molecule has 0 spiro atoms. The molecule has 0 saturated heterocycles. The number of aryl methyl sites for hydroxylation is 1. The predicted molar refractivity (Wildman–Crippen MR) is 142 cm³/mol. The van der Waals surface area contributed by atoms with Gasteiger partial charge in [-0.1, -0.05) is 37.6 Å². The molecule has 190 valence electrons. The van der Waals surface area contributed by atoms with Gasteiger partial charge in [0, 0.05) is 35.1 Å². The average molecular weight is 520 g/mol. The van der Waals surface area contributed by atoms with Gasteiger partial charge in [0.25, 0.3) is 0 Å². The molecule has 0 aliphatic heterocycles. The molecule has 1 fully saturated rings. The lowest BCUT2D eigenvalue weighted by molar-refractivity contribution is 0.443. The Labute approximate surface area is 221 Å². The van der Waals surface area contributed by atoms with Crippen LogP contribution in [0.2, 0.25) is 5.02 Å². The summed E-state index contributed by atoms with van der Waals surface area (Å²) in [4.78, 5) is 8.56. The molecule has 1 aliphatic carbocycles. The van der Waals surface area contributed by atoms with Crippen LogP contribution in [0.3, 0.4) is 0 Å². The molecule has 10 heteroatoms. The number of nitrogens with one attached hydrogen (secondary N) is 2. The van der Waals surface area contributed by atoms with Crippen LogP contribution in [-0.2, 0) is 0 Å². The van der Waals surface area contributed by atoms with E-state index in [0.29, 0.717) is 56.4 Å². The Morgan fingerprint density at radius 3 is 2.76 bits per heavy atom. The van der Waals surface area contributed by atoms with Crippen LogP contribution in [0.4, 0.5) is 15.8 Å². The lowest BCUT2D eigenvalue weighted by Crippen LogP contribution is -2.20. The van der Waals surface area contributed by atoms with Gasteiger partial charge in [-0.25, -0.2) is 9.07 Å². The van der Waals surface area contributed by atoms with Crippen molar-refractivity contribution in [2.24, 2.45) is 5.41 Å². The molecule has 5 rings (SSSR count). The van der Waals surface area contributed by atoms with E-state index in [4.69, 9.17) is 11.6 Å². The normalized spacial score (nSPS) is 15.6. The highest BCUT2D eigenvalue weighted by Gasteiger charge is 2.28. The Bertz CT molecular complexity index is 1570. The number of hydrogen-bond donors (Lipinski definition) is 2. The highest BCUT2D eigenvalue weighted by atomic mass is 35.5. The molecule has 1 aromatic carbocycles. The van der Waals surface area contributed by atoms with E-state index in [0.717, 1.165) is 19.0 Å². The number of halogens is 2. The van der Waals surface area contributed by atoms with Crippen LogP contribution in [-0.4, -0.2) is 31.5 Å². The lowest BCUT2D eigenvalue weighted by atomic mass is 9.96. The van der Waals surface area contributed by atoms with Crippen LogP contribution in [0.25, 0.3) is 10.9 Å². The van der Waals surface area contributed by atoms with E-state index < -0.39 is 11.8 Å². The van der Waals surface area contributed by atoms with Crippen molar-refractivity contribution in [1.82, 2.24) is 25.0 Å². The molecule has 0 radical (unpaired) electrons. The maximum atomic E-state index is 14.4. The molecule has 37 heavy (non-hydrogen) atoms. The van der Waals surface area contributed by atoms with Crippen molar-refractivity contribution in [2.75, 3.05) is 17.2 Å². The van der Waals surface area contributed by atoms with Gasteiger partial charge in [-0.3, -0.25) is 9.97 Å². The number of aromatic nitrogens is 5. The van der Waals surface area contributed by atoms with Gasteiger partial charge < -0.3 is 10.6 Å². The van der Waals surface area contributed by atoms with Crippen molar-refractivity contribution in [3.05, 3.63) is 70.1 Å². The minimum atomic E-state index is -1.73. The van der Waals surface area contributed by atoms with Gasteiger partial charge in [0.1, 0.15) is 17.6 Å². The Balaban J connectivity index is 1.65. The highest BCUT2D eigenvalue weighted by Crippen LogP contribution is 2.38. The largest absolute Gasteiger partial charge is 0.383 e. The van der Waals surface area contributed by atoms with Gasteiger partial charge in [0.2, 0.25) is 0 Å². The van der Waals surface area contributed by atoms with Gasteiger partial charge in [-0.05, 0) is 43.4 Å². The van der Waals surface area contributed by atoms with E-state index in [1.807, 2.05) is 0 Å². The summed E-state index contributed by atoms with van der Waals surface area (Å²) in [6.45, 7) is 8.60. The lowest BCUT2D eigenvalue weighted by Gasteiger charge is -2.23. The molecule has 8 nitrogen and oxygen atoms in total. The smallest absolute Gasteiger partial charge is 0.141 e. The third-order valence-corrected chi connectivity index (χ3v) is 6.41. The van der Waals surface area contributed by atoms with E-state index in [-0.39, 0.29) is 11.5 Å². The summed E-state index contributed by atoms with van der Waals surface area (Å²) < 4.78 is 25.7. The summed E-state index contributed by atoms with van der Waals surface area (Å²) >= 11 is 6.67. The minimum Gasteiger partial charge on any atom is -0.383 e. The molecule has 4 aromatic rings. The third kappa shape index (κ3) is 5.35. The Kier molecular flexibility index (Phi) is 6.13. The van der Waals surface area contributed by atoms with Gasteiger partial charge >= 0.3 is 0 Å². The molecule has 3 aromatic heterocycles. The fourth-order valence-electron chi connectivity index (χ4n) is 4.04. The van der Waals surface area contributed by atoms with Crippen LogP contribution in [0.1, 0.15) is 69.6 Å². The Morgan fingerprint density at radius 1 is 1.27 bits per heavy atom. The van der Waals surface area contributed by atoms with Gasteiger partial charge in [0.05, 0.1) is 47.6 Å². The van der Waals surface area contributed by atoms with Gasteiger partial charge in [0.15, 0.2) is 0 Å². The molecule has 1 aliphatic rings. The standard InChI is InChI=1S/C27H28ClFN8/c1-15-20(7-17(29)12-31-15)26(23-13-37(36-35-23)19-5-6-19)34-18-8-21-24(33-14-27(2,3)4)16(10-30)11-32-25(21)22(28)9-18/h7-9,11-13,19,26,34H,5-6,14H2,1-4H3,(H,32,33)/i26D. The second-order valence-electron chi connectivity index (χ2n) is 10.5. The number of fused-ring (bicyclic) bond motifs is 1. The Morgan fingerprint density at radius 2 is 2.05 bits per heavy atom. The minimum absolute atomic E-state index is 0.0480. The molecule has 1 atom stereocenters. The van der Waals surface area contributed by atoms with Crippen LogP contribution in [0.5, 0.6) is 0 Å². The fourth-order valence-corrected chi connectivity index (χ4v) is 4.31. The molecule has 0 amide bonds. The van der Waals surface area contributed by atoms with Crippen LogP contribution >= 0.6 is 11.6 Å². The first-order chi connectivity index (χ1) is 18.0. The van der Waals surface area contributed by atoms with Crippen molar-refractivity contribution in [3.8, 4) is 6.07 Å². The van der Waals surface area contributed by atoms with Crippen molar-refractivity contribution >= 4 is 33.9 Å². The second-order valence-corrected chi connectivity index (χ2v) is 10.9. The molecule has 2 N–H and O–H groups in total. The third-order valence-electron chi connectivity index (χ3n) is 6.12. The molecule has 0 bridgehead atoms. The van der Waals surface area contributed by atoms with E-state index in [9.17, 15) is 11.0 Å². The number of benzene rings is 1. The molecular weight excluding hydrogens is 491 g/mol. The predicted octanol–water partition coefficient (Wildman–Crippen LogP) is 6.19. The summed E-state index contributed by atoms with van der Waals surface area (Å²) in [6, 6.07) is 5.46. The van der Waals surface area contributed by atoms with Crippen LogP contribution in [0, 0.1) is 29.5 Å². The van der Waals surface area contributed by atoms with Gasteiger partial charge in [-0.2, -0.15) is 5.26 Å². The zero-order valence-corrected chi connectivity index (χ0v) is 21.9. The van der Waals surface area contributed by atoms with Crippen LogP contribution in [0.15, 0.2) is 36.8 Å². The molecule has 3 heterocycles. The highest BCUT2D eigenvalue weighted by molar-refractivity contribution is 6.35. The van der Waals surface area contributed by atoms with Gasteiger partial charge in [-0.15, -0.1) is 5.10 Å². The van der Waals surface area contributed by atoms with Crippen LogP contribution < -0.4 is 10.6 Å². The topological polar surface area (TPSA) is 104 Å². The maximum Gasteiger partial charge on any atom is 0.141 e. The van der Waals surface area contributed by atoms with Crippen molar-refractivity contribution in [3.63, 3.8) is 0 Å². The summed E-state index contributed by atoms with van der Waals surface area (Å²) in [5.41, 5.74) is 3.00. The van der Waals surface area contributed by atoms with Crippen molar-refractivity contribution < 1.29 is 5.76 Å². The maximum absolute atomic E-state index is 14.4. The number of hydrogen-bond acceptors (Lipinski definition) is 7. The summed E-state index contributed by atoms with van der Waals surface area (Å²) in [5.74, 6) is -0.563. The first-order valence-electron chi connectivity index (χ1n) is 12.6. The molecule has 1 unspecified atom stereocenters. The molecular formula is C27H28ClFN8. The number of anilines is 2. The number of rotatable bonds is 7. The number of nitrogens with zero attached hydrogens (tertiary/aromatic N) is 6. The van der Waals surface area contributed by atoms with Crippen molar-refractivity contribution in [1.29, 1.82) is 5.26 Å². The molecule has 1 saturated carbocycles. The van der Waals surface area contributed by atoms with E-state index >= 15 is 0 Å². The number of pyridine rings is 2. The monoisotopic (exact) mass is 519 g/mol. The van der Waals surface area contributed by atoms with E-state index in [2.05, 4.69) is 57.8 Å². The van der Waals surface area contributed by atoms with E-state index in [1.54, 1.807) is 29.9 Å². The van der Waals surface area contributed by atoms with E-state index in [1.165, 1.54) is 12.3 Å². The first-order valence-corrected chi connectivity index (χ1v) is 12.5. The Hall–Kier alpha value is -3.77. The zero-order chi connectivity index (χ0) is 27.2. The summed E-state index contributed by atoms with van der Waals surface area (Å²) in [7, 11) is 0. The summed E-state index contributed by atoms with van der Waals surface area (Å²) in [6.07, 6.45) is 6.34. The van der Waals surface area contributed by atoms with Crippen molar-refractivity contribution in [2.45, 2.75) is 52.6 Å². The zero-order valence-electron chi connectivity index (χ0n) is 22.1. The number of nitriles is 1. The average Bonchev–Trinajstić information content (AvgIpc) is 3.59. The second kappa shape index (κ2) is 9.60. The first kappa shape index (κ1) is 23.6. The summed E-state index contributed by atoms with van der Waals surface area (Å²) in [5, 5.41) is 25.9.